The molecule has 0 aliphatic carbocycles. The van der Waals surface area contributed by atoms with E-state index in [-0.39, 0.29) is 0 Å². The number of benzene rings is 1. The minimum atomic E-state index is 0.620. The molecule has 5 heteroatoms. The molecule has 0 N–H and O–H groups in total. The van der Waals surface area contributed by atoms with Gasteiger partial charge in [-0.1, -0.05) is 23.7 Å². The second kappa shape index (κ2) is 3.96. The molecule has 0 bridgehead atoms. The van der Waals surface area contributed by atoms with E-state index in [0.717, 1.165) is 21.2 Å². The number of halogens is 2. The topological polar surface area (TPSA) is 25.8 Å². The Hall–Kier alpha value is -0.450. The minimum Gasteiger partial charge on any atom is -0.209 e. The van der Waals surface area contributed by atoms with Crippen molar-refractivity contribution in [2.45, 2.75) is 6.92 Å². The van der Waals surface area contributed by atoms with Crippen LogP contribution in [0.4, 0.5) is 0 Å². The molecule has 2 nitrogen and oxygen atoms in total. The van der Waals surface area contributed by atoms with E-state index in [4.69, 9.17) is 11.6 Å². The molecule has 2 rings (SSSR count). The average Bonchev–Trinajstić information content (AvgIpc) is 2.57. The van der Waals surface area contributed by atoms with Gasteiger partial charge in [0.2, 0.25) is 4.73 Å². The zero-order valence-corrected chi connectivity index (χ0v) is 10.4. The molecule has 1 aromatic carbocycles. The SMILES string of the molecule is Cc1ccc(-c2nc(Br)ns2)cc1Cl. The van der Waals surface area contributed by atoms with Crippen molar-refractivity contribution < 1.29 is 0 Å². The van der Waals surface area contributed by atoms with Crippen LogP contribution in [0.1, 0.15) is 5.56 Å². The predicted molar refractivity (Wildman–Crippen MR) is 62.8 cm³/mol. The van der Waals surface area contributed by atoms with Crippen molar-refractivity contribution in [2.75, 3.05) is 0 Å². The van der Waals surface area contributed by atoms with Crippen LogP contribution >= 0.6 is 39.1 Å². The third-order valence-electron chi connectivity index (χ3n) is 1.82. The summed E-state index contributed by atoms with van der Waals surface area (Å²) >= 11 is 10.6. The van der Waals surface area contributed by atoms with Crippen molar-refractivity contribution in [2.24, 2.45) is 0 Å². The van der Waals surface area contributed by atoms with Gasteiger partial charge in [-0.05, 0) is 46.0 Å². The van der Waals surface area contributed by atoms with Crippen LogP contribution in [0.25, 0.3) is 10.6 Å². The van der Waals surface area contributed by atoms with E-state index in [1.165, 1.54) is 11.5 Å². The molecule has 0 unspecified atom stereocenters. The van der Waals surface area contributed by atoms with Gasteiger partial charge in [0.25, 0.3) is 0 Å². The van der Waals surface area contributed by atoms with E-state index in [2.05, 4.69) is 25.3 Å². The molecule has 1 aromatic heterocycles. The number of nitrogens with zero attached hydrogens (tertiary/aromatic N) is 2. The third-order valence-corrected chi connectivity index (χ3v) is 3.58. The normalized spacial score (nSPS) is 10.5. The van der Waals surface area contributed by atoms with Gasteiger partial charge in [-0.3, -0.25) is 0 Å². The summed E-state index contributed by atoms with van der Waals surface area (Å²) in [5.74, 6) is 0. The fraction of sp³-hybridized carbons (Fsp3) is 0.111. The largest absolute Gasteiger partial charge is 0.209 e. The predicted octanol–water partition coefficient (Wildman–Crippen LogP) is 3.93. The van der Waals surface area contributed by atoms with Crippen molar-refractivity contribution in [1.29, 1.82) is 0 Å². The first-order valence-electron chi connectivity index (χ1n) is 3.92. The smallest absolute Gasteiger partial charge is 0.209 e. The lowest BCUT2D eigenvalue weighted by Crippen LogP contribution is -1.79. The molecule has 0 aliphatic heterocycles. The van der Waals surface area contributed by atoms with Gasteiger partial charge in [0.15, 0.2) is 0 Å². The molecule has 2 aromatic rings. The van der Waals surface area contributed by atoms with Gasteiger partial charge in [0.1, 0.15) is 5.01 Å². The Bertz CT molecular complexity index is 470. The summed E-state index contributed by atoms with van der Waals surface area (Å²) in [7, 11) is 0. The molecule has 0 atom stereocenters. The molecular weight excluding hydrogens is 284 g/mol. The van der Waals surface area contributed by atoms with Crippen LogP contribution in [0.15, 0.2) is 22.9 Å². The van der Waals surface area contributed by atoms with E-state index >= 15 is 0 Å². The quantitative estimate of drug-likeness (QED) is 0.795. The summed E-state index contributed by atoms with van der Waals surface area (Å²) in [6.45, 7) is 1.97. The lowest BCUT2D eigenvalue weighted by atomic mass is 10.2. The number of aromatic nitrogens is 2. The van der Waals surface area contributed by atoms with Crippen LogP contribution in [0.2, 0.25) is 5.02 Å². The van der Waals surface area contributed by atoms with Crippen LogP contribution in [0, 0.1) is 6.92 Å². The van der Waals surface area contributed by atoms with E-state index in [0.29, 0.717) is 4.73 Å². The summed E-state index contributed by atoms with van der Waals surface area (Å²) in [4.78, 5) is 4.22. The van der Waals surface area contributed by atoms with E-state index in [9.17, 15) is 0 Å². The molecular formula is C9H6BrClN2S. The number of hydrogen-bond donors (Lipinski definition) is 0. The maximum Gasteiger partial charge on any atom is 0.209 e. The van der Waals surface area contributed by atoms with Gasteiger partial charge in [-0.2, -0.15) is 4.37 Å². The monoisotopic (exact) mass is 288 g/mol. The third kappa shape index (κ3) is 1.97. The molecule has 0 aliphatic rings. The summed E-state index contributed by atoms with van der Waals surface area (Å²) < 4.78 is 4.67. The van der Waals surface area contributed by atoms with Gasteiger partial charge >= 0.3 is 0 Å². The summed E-state index contributed by atoms with van der Waals surface area (Å²) in [6.07, 6.45) is 0. The Morgan fingerprint density at radius 2 is 2.21 bits per heavy atom. The highest BCUT2D eigenvalue weighted by Gasteiger charge is 2.05. The van der Waals surface area contributed by atoms with Crippen molar-refractivity contribution in [3.63, 3.8) is 0 Å². The molecule has 1 heterocycles. The van der Waals surface area contributed by atoms with Crippen LogP contribution in [-0.4, -0.2) is 9.36 Å². The van der Waals surface area contributed by atoms with E-state index in [1.807, 2.05) is 25.1 Å². The van der Waals surface area contributed by atoms with Crippen molar-refractivity contribution in [3.05, 3.63) is 33.5 Å². The van der Waals surface area contributed by atoms with Gasteiger partial charge in [-0.15, -0.1) is 0 Å². The maximum atomic E-state index is 6.02. The highest BCUT2D eigenvalue weighted by Crippen LogP contribution is 2.27. The van der Waals surface area contributed by atoms with Crippen LogP contribution in [-0.2, 0) is 0 Å². The highest BCUT2D eigenvalue weighted by molar-refractivity contribution is 9.10. The van der Waals surface area contributed by atoms with Crippen molar-refractivity contribution in [3.8, 4) is 10.6 Å². The average molecular weight is 290 g/mol. The molecule has 0 amide bonds. The fourth-order valence-electron chi connectivity index (χ4n) is 1.05. The lowest BCUT2D eigenvalue weighted by molar-refractivity contribution is 1.26. The molecule has 0 saturated heterocycles. The van der Waals surface area contributed by atoms with Gasteiger partial charge in [0.05, 0.1) is 0 Å². The van der Waals surface area contributed by atoms with Crippen LogP contribution < -0.4 is 0 Å². The second-order valence-corrected chi connectivity index (χ2v) is 4.70. The summed E-state index contributed by atoms with van der Waals surface area (Å²) in [5, 5.41) is 1.63. The molecule has 14 heavy (non-hydrogen) atoms. The van der Waals surface area contributed by atoms with Crippen molar-refractivity contribution in [1.82, 2.24) is 9.36 Å². The standard InChI is InChI=1S/C9H6BrClN2S/c1-5-2-3-6(4-7(5)11)8-12-9(10)13-14-8/h2-4H,1H3. The molecule has 0 radical (unpaired) electrons. The summed E-state index contributed by atoms with van der Waals surface area (Å²) in [5.41, 5.74) is 2.07. The van der Waals surface area contributed by atoms with Gasteiger partial charge in [0, 0.05) is 10.6 Å². The first-order valence-corrected chi connectivity index (χ1v) is 5.87. The van der Waals surface area contributed by atoms with E-state index < -0.39 is 0 Å². The zero-order valence-electron chi connectivity index (χ0n) is 7.29. The Kier molecular flexibility index (Phi) is 2.85. The highest BCUT2D eigenvalue weighted by atomic mass is 79.9. The van der Waals surface area contributed by atoms with Gasteiger partial charge < -0.3 is 0 Å². The molecule has 0 saturated carbocycles. The van der Waals surface area contributed by atoms with Crippen LogP contribution in [0.3, 0.4) is 0 Å². The van der Waals surface area contributed by atoms with Gasteiger partial charge in [-0.25, -0.2) is 4.98 Å². The molecule has 0 spiro atoms. The molecule has 0 fully saturated rings. The number of rotatable bonds is 1. The first-order chi connectivity index (χ1) is 6.66. The molecule has 72 valence electrons. The van der Waals surface area contributed by atoms with Crippen LogP contribution in [0.5, 0.6) is 0 Å². The van der Waals surface area contributed by atoms with Crippen molar-refractivity contribution >= 4 is 39.1 Å². The Morgan fingerprint density at radius 1 is 1.43 bits per heavy atom. The van der Waals surface area contributed by atoms with E-state index in [1.54, 1.807) is 0 Å². The Labute approximate surface area is 99.2 Å². The Morgan fingerprint density at radius 3 is 2.79 bits per heavy atom. The minimum absolute atomic E-state index is 0.620. The maximum absolute atomic E-state index is 6.02. The fourth-order valence-corrected chi connectivity index (χ4v) is 2.30. The summed E-state index contributed by atoms with van der Waals surface area (Å²) in [6, 6.07) is 5.88. The Balaban J connectivity index is 2.47. The zero-order chi connectivity index (χ0) is 10.1. The lowest BCUT2D eigenvalue weighted by Gasteiger charge is -1.99. The first kappa shape index (κ1) is 10.1. The second-order valence-electron chi connectivity index (χ2n) is 2.83. The number of hydrogen-bond acceptors (Lipinski definition) is 3. The number of aryl methyl sites for hydroxylation is 1.